The lowest BCUT2D eigenvalue weighted by molar-refractivity contribution is 0.439. The van der Waals surface area contributed by atoms with Gasteiger partial charge in [-0.2, -0.15) is 4.31 Å². The molecule has 0 bridgehead atoms. The molecule has 38 heavy (non-hydrogen) atoms. The van der Waals surface area contributed by atoms with E-state index in [9.17, 15) is 8.42 Å². The minimum atomic E-state index is -3.73. The van der Waals surface area contributed by atoms with Gasteiger partial charge in [0, 0.05) is 24.0 Å². The maximum Gasteiger partial charge on any atom is 0.243 e. The van der Waals surface area contributed by atoms with Crippen LogP contribution < -0.4 is 0 Å². The number of aromatic nitrogens is 1. The van der Waals surface area contributed by atoms with Crippen LogP contribution in [0, 0.1) is 6.92 Å². The molecule has 7 rings (SSSR count). The van der Waals surface area contributed by atoms with E-state index in [4.69, 9.17) is 0 Å². The third-order valence-electron chi connectivity index (χ3n) is 7.54. The van der Waals surface area contributed by atoms with Crippen LogP contribution in [0.5, 0.6) is 0 Å². The van der Waals surface area contributed by atoms with Crippen molar-refractivity contribution in [3.05, 3.63) is 138 Å². The van der Waals surface area contributed by atoms with Gasteiger partial charge in [-0.05, 0) is 59.3 Å². The predicted molar refractivity (Wildman–Crippen MR) is 155 cm³/mol. The van der Waals surface area contributed by atoms with Crippen LogP contribution in [0.4, 0.5) is 0 Å². The summed E-state index contributed by atoms with van der Waals surface area (Å²) in [5, 5.41) is 2.25. The Hall–Kier alpha value is -4.19. The number of pyridine rings is 1. The highest BCUT2D eigenvalue weighted by atomic mass is 32.2. The third kappa shape index (κ3) is 3.51. The Morgan fingerprint density at radius 3 is 2.21 bits per heavy atom. The Morgan fingerprint density at radius 2 is 1.42 bits per heavy atom. The fourth-order valence-corrected chi connectivity index (χ4v) is 7.09. The predicted octanol–water partition coefficient (Wildman–Crippen LogP) is 7.19. The van der Waals surface area contributed by atoms with Crippen molar-refractivity contribution in [2.75, 3.05) is 6.54 Å². The summed E-state index contributed by atoms with van der Waals surface area (Å²) in [7, 11) is -3.73. The molecule has 0 unspecified atom stereocenters. The van der Waals surface area contributed by atoms with Crippen LogP contribution >= 0.6 is 0 Å². The van der Waals surface area contributed by atoms with E-state index in [0.29, 0.717) is 4.90 Å². The molecule has 0 saturated heterocycles. The van der Waals surface area contributed by atoms with E-state index in [2.05, 4.69) is 71.1 Å². The van der Waals surface area contributed by atoms with Gasteiger partial charge in [0.1, 0.15) is 0 Å². The topological polar surface area (TPSA) is 41.8 Å². The summed E-state index contributed by atoms with van der Waals surface area (Å²) in [4.78, 5) is 0.316. The first-order valence-corrected chi connectivity index (χ1v) is 14.2. The molecule has 186 valence electrons. The highest BCUT2D eigenvalue weighted by molar-refractivity contribution is 7.89. The summed E-state index contributed by atoms with van der Waals surface area (Å²) in [6, 6.07) is 36.4. The van der Waals surface area contributed by atoms with E-state index in [1.54, 1.807) is 16.4 Å². The van der Waals surface area contributed by atoms with E-state index in [1.807, 2.05) is 43.3 Å². The number of fused-ring (bicyclic) bond motifs is 5. The van der Waals surface area contributed by atoms with Gasteiger partial charge in [-0.25, -0.2) is 8.42 Å². The summed E-state index contributed by atoms with van der Waals surface area (Å²) in [6.45, 7) is 2.52. The Labute approximate surface area is 222 Å². The molecular weight excluding hydrogens is 488 g/mol. The van der Waals surface area contributed by atoms with Gasteiger partial charge >= 0.3 is 0 Å². The van der Waals surface area contributed by atoms with E-state index in [-0.39, 0.29) is 13.1 Å². The zero-order chi connectivity index (χ0) is 25.9. The average molecular weight is 515 g/mol. The van der Waals surface area contributed by atoms with Gasteiger partial charge < -0.3 is 4.40 Å². The second kappa shape index (κ2) is 8.69. The SMILES string of the molecule is Cc1ccc(S(=O)(=O)N2C/C=C(/c3ccccc3)c3c4ccccc4n4c3c(cc3ccccc34)C2)cc1. The smallest absolute Gasteiger partial charge is 0.243 e. The lowest BCUT2D eigenvalue weighted by Crippen LogP contribution is -2.32. The zero-order valence-corrected chi connectivity index (χ0v) is 21.8. The summed E-state index contributed by atoms with van der Waals surface area (Å²) in [5.74, 6) is 0. The van der Waals surface area contributed by atoms with Crippen molar-refractivity contribution in [1.82, 2.24) is 8.71 Å². The zero-order valence-electron chi connectivity index (χ0n) is 21.0. The van der Waals surface area contributed by atoms with Crippen LogP contribution in [0.1, 0.15) is 22.3 Å². The van der Waals surface area contributed by atoms with Crippen LogP contribution in [-0.4, -0.2) is 23.7 Å². The minimum absolute atomic E-state index is 0.276. The summed E-state index contributed by atoms with van der Waals surface area (Å²) in [5.41, 5.74) is 8.57. The quantitative estimate of drug-likeness (QED) is 0.251. The van der Waals surface area contributed by atoms with Crippen molar-refractivity contribution in [3.63, 3.8) is 0 Å². The monoisotopic (exact) mass is 514 g/mol. The molecule has 1 aliphatic heterocycles. The number of hydrogen-bond acceptors (Lipinski definition) is 2. The van der Waals surface area contributed by atoms with Gasteiger partial charge in [0.15, 0.2) is 0 Å². The van der Waals surface area contributed by atoms with Crippen molar-refractivity contribution in [2.45, 2.75) is 18.4 Å². The fourth-order valence-electron chi connectivity index (χ4n) is 5.73. The van der Waals surface area contributed by atoms with Crippen LogP contribution in [0.2, 0.25) is 0 Å². The maximum atomic E-state index is 14.0. The first kappa shape index (κ1) is 23.0. The van der Waals surface area contributed by atoms with E-state index >= 15 is 0 Å². The molecule has 0 radical (unpaired) electrons. The highest BCUT2D eigenvalue weighted by Gasteiger charge is 2.29. The molecule has 0 atom stereocenters. The minimum Gasteiger partial charge on any atom is -0.308 e. The number of hydrogen-bond donors (Lipinski definition) is 0. The number of nitrogens with zero attached hydrogens (tertiary/aromatic N) is 2. The molecule has 5 heteroatoms. The molecule has 4 nitrogen and oxygen atoms in total. The Bertz CT molecular complexity index is 1990. The number of sulfonamides is 1. The van der Waals surface area contributed by atoms with Crippen molar-refractivity contribution in [1.29, 1.82) is 0 Å². The molecular formula is C33H26N2O2S. The Morgan fingerprint density at radius 1 is 0.737 bits per heavy atom. The summed E-state index contributed by atoms with van der Waals surface area (Å²) in [6.07, 6.45) is 2.08. The lowest BCUT2D eigenvalue weighted by atomic mass is 9.93. The first-order valence-electron chi connectivity index (χ1n) is 12.8. The fraction of sp³-hybridized carbons (Fsp3) is 0.0909. The van der Waals surface area contributed by atoms with Crippen molar-refractivity contribution in [3.8, 4) is 0 Å². The van der Waals surface area contributed by atoms with E-state index < -0.39 is 10.0 Å². The lowest BCUT2D eigenvalue weighted by Gasteiger charge is -2.25. The number of para-hydroxylation sites is 2. The van der Waals surface area contributed by atoms with Gasteiger partial charge in [-0.1, -0.05) is 90.5 Å². The standard InChI is InChI=1S/C33H26N2O2S/c1-23-15-17-27(18-16-23)38(36,37)34-20-19-28(24-9-3-2-4-10-24)32-29-12-6-8-14-31(29)35-30-13-7-5-11-25(30)21-26(22-34)33(32)35/h2-19,21H,20,22H2,1H3/b28-19-. The summed E-state index contributed by atoms with van der Waals surface area (Å²) < 4.78 is 31.8. The molecule has 0 spiro atoms. The number of rotatable bonds is 3. The molecule has 0 aliphatic carbocycles. The molecule has 0 amide bonds. The van der Waals surface area contributed by atoms with Crippen molar-refractivity contribution in [2.24, 2.45) is 0 Å². The molecule has 0 saturated carbocycles. The van der Waals surface area contributed by atoms with Crippen LogP contribution in [0.3, 0.4) is 0 Å². The van der Waals surface area contributed by atoms with Crippen LogP contribution in [0.15, 0.2) is 120 Å². The van der Waals surface area contributed by atoms with Crippen molar-refractivity contribution >= 4 is 42.9 Å². The largest absolute Gasteiger partial charge is 0.308 e. The second-order valence-corrected chi connectivity index (χ2v) is 11.8. The molecule has 6 aromatic rings. The number of aryl methyl sites for hydroxylation is 1. The Balaban J connectivity index is 1.58. The summed E-state index contributed by atoms with van der Waals surface area (Å²) >= 11 is 0. The maximum absolute atomic E-state index is 14.0. The highest BCUT2D eigenvalue weighted by Crippen LogP contribution is 2.41. The number of benzene rings is 4. The molecule has 2 aromatic heterocycles. The Kier molecular flexibility index (Phi) is 5.25. The van der Waals surface area contributed by atoms with Gasteiger partial charge in [0.25, 0.3) is 0 Å². The van der Waals surface area contributed by atoms with Gasteiger partial charge in [-0.3, -0.25) is 0 Å². The van der Waals surface area contributed by atoms with Gasteiger partial charge in [-0.15, -0.1) is 0 Å². The van der Waals surface area contributed by atoms with Gasteiger partial charge in [0.05, 0.1) is 21.4 Å². The van der Waals surface area contributed by atoms with Crippen LogP contribution in [-0.2, 0) is 16.6 Å². The molecule has 1 aliphatic rings. The average Bonchev–Trinajstić information content (AvgIpc) is 3.27. The first-order chi connectivity index (χ1) is 18.5. The van der Waals surface area contributed by atoms with Crippen molar-refractivity contribution < 1.29 is 8.42 Å². The van der Waals surface area contributed by atoms with Gasteiger partial charge in [0.2, 0.25) is 10.0 Å². The van der Waals surface area contributed by atoms with E-state index in [1.165, 1.54) is 0 Å². The molecule has 3 heterocycles. The second-order valence-electron chi connectivity index (χ2n) is 9.90. The molecule has 0 fully saturated rings. The molecule has 0 N–H and O–H groups in total. The van der Waals surface area contributed by atoms with E-state index in [0.717, 1.165) is 55.1 Å². The van der Waals surface area contributed by atoms with Crippen LogP contribution in [0.25, 0.3) is 32.9 Å². The normalized spacial score (nSPS) is 15.9. The third-order valence-corrected chi connectivity index (χ3v) is 9.37. The molecule has 4 aromatic carbocycles.